The van der Waals surface area contributed by atoms with Crippen molar-refractivity contribution in [2.24, 2.45) is 0 Å². The minimum absolute atomic E-state index is 0.0613. The number of nitrogens with zero attached hydrogens (tertiary/aromatic N) is 2. The zero-order valence-electron chi connectivity index (χ0n) is 15.1. The first kappa shape index (κ1) is 20.1. The summed E-state index contributed by atoms with van der Waals surface area (Å²) in [6, 6.07) is 11.7. The lowest BCUT2D eigenvalue weighted by molar-refractivity contribution is -0.142. The van der Waals surface area contributed by atoms with Gasteiger partial charge in [-0.25, -0.2) is 4.98 Å². The van der Waals surface area contributed by atoms with Gasteiger partial charge in [-0.2, -0.15) is 13.2 Å². The summed E-state index contributed by atoms with van der Waals surface area (Å²) < 4.78 is 40.3. The summed E-state index contributed by atoms with van der Waals surface area (Å²) in [6.07, 6.45) is -4.96. The molecule has 0 bridgehead atoms. The number of benzene rings is 2. The molecule has 0 saturated carbocycles. The number of aromatic nitrogens is 2. The monoisotopic (exact) mass is 404 g/mol. The maximum absolute atomic E-state index is 13.2. The molecular formula is C19H15F3N4O3. The van der Waals surface area contributed by atoms with Crippen molar-refractivity contribution in [3.05, 3.63) is 70.1 Å². The van der Waals surface area contributed by atoms with Gasteiger partial charge in [0.2, 0.25) is 11.6 Å². The lowest BCUT2D eigenvalue weighted by Crippen LogP contribution is -2.34. The Balaban J connectivity index is 1.96. The molecule has 29 heavy (non-hydrogen) atoms. The highest BCUT2D eigenvalue weighted by Crippen LogP contribution is 2.26. The average molecular weight is 404 g/mol. The van der Waals surface area contributed by atoms with E-state index in [2.05, 4.69) is 15.6 Å². The summed E-state index contributed by atoms with van der Waals surface area (Å²) in [6.45, 7) is -0.658. The van der Waals surface area contributed by atoms with Crippen LogP contribution in [0.25, 0.3) is 11.0 Å². The Labute approximate surface area is 162 Å². The molecule has 3 rings (SSSR count). The maximum atomic E-state index is 13.2. The Hall–Kier alpha value is -3.69. The largest absolute Gasteiger partial charge is 0.438 e. The van der Waals surface area contributed by atoms with E-state index in [1.165, 1.54) is 55.6 Å². The zero-order valence-corrected chi connectivity index (χ0v) is 15.1. The van der Waals surface area contributed by atoms with Crippen molar-refractivity contribution in [1.29, 1.82) is 0 Å². The number of nitrogens with one attached hydrogen (secondary N) is 2. The van der Waals surface area contributed by atoms with Gasteiger partial charge in [-0.3, -0.25) is 19.0 Å². The maximum Gasteiger partial charge on any atom is 0.438 e. The van der Waals surface area contributed by atoms with Gasteiger partial charge in [0.25, 0.3) is 11.5 Å². The Morgan fingerprint density at radius 3 is 2.52 bits per heavy atom. The number of fused-ring (bicyclic) bond motifs is 1. The van der Waals surface area contributed by atoms with E-state index in [4.69, 9.17) is 0 Å². The molecule has 0 fully saturated rings. The molecule has 2 aromatic carbocycles. The fourth-order valence-corrected chi connectivity index (χ4v) is 2.76. The van der Waals surface area contributed by atoms with Crippen LogP contribution in [0.2, 0.25) is 0 Å². The van der Waals surface area contributed by atoms with Crippen molar-refractivity contribution >= 4 is 28.5 Å². The summed E-state index contributed by atoms with van der Waals surface area (Å²) in [4.78, 5) is 39.8. The summed E-state index contributed by atoms with van der Waals surface area (Å²) in [5.74, 6) is -1.10. The summed E-state index contributed by atoms with van der Waals surface area (Å²) >= 11 is 0. The first-order chi connectivity index (χ1) is 13.7. The third-order valence-corrected chi connectivity index (χ3v) is 4.06. The van der Waals surface area contributed by atoms with Gasteiger partial charge < -0.3 is 10.6 Å². The molecule has 1 aromatic heterocycles. The van der Waals surface area contributed by atoms with E-state index < -0.39 is 29.9 Å². The molecule has 0 radical (unpaired) electrons. The molecule has 0 spiro atoms. The van der Waals surface area contributed by atoms with Gasteiger partial charge in [0.1, 0.15) is 6.54 Å². The Morgan fingerprint density at radius 2 is 1.83 bits per heavy atom. The molecule has 0 atom stereocenters. The molecule has 7 nitrogen and oxygen atoms in total. The topological polar surface area (TPSA) is 93.1 Å². The number of carbonyl (C=O) groups excluding carboxylic acids is 2. The minimum atomic E-state index is -4.96. The number of anilines is 1. The van der Waals surface area contributed by atoms with Crippen LogP contribution in [-0.2, 0) is 17.5 Å². The summed E-state index contributed by atoms with van der Waals surface area (Å²) in [5.41, 5.74) is -2.42. The molecule has 2 N–H and O–H groups in total. The summed E-state index contributed by atoms with van der Waals surface area (Å²) in [5, 5.41) is 4.92. The molecule has 10 heteroatoms. The highest BCUT2D eigenvalue weighted by atomic mass is 19.4. The second-order valence-electron chi connectivity index (χ2n) is 6.05. The van der Waals surface area contributed by atoms with Crippen molar-refractivity contribution in [2.75, 3.05) is 12.4 Å². The lowest BCUT2D eigenvalue weighted by Gasteiger charge is -2.14. The van der Waals surface area contributed by atoms with Crippen LogP contribution in [0.1, 0.15) is 16.1 Å². The number of amides is 2. The Bertz CT molecular complexity index is 1160. The number of halogens is 3. The van der Waals surface area contributed by atoms with Gasteiger partial charge >= 0.3 is 6.18 Å². The number of carbonyl (C=O) groups is 2. The molecule has 0 aliphatic rings. The summed E-state index contributed by atoms with van der Waals surface area (Å²) in [7, 11) is 1.45. The predicted molar refractivity (Wildman–Crippen MR) is 99.5 cm³/mol. The molecule has 0 saturated heterocycles. The van der Waals surface area contributed by atoms with Crippen LogP contribution in [0.4, 0.5) is 18.9 Å². The van der Waals surface area contributed by atoms with Crippen LogP contribution in [-0.4, -0.2) is 28.4 Å². The third kappa shape index (κ3) is 4.26. The molecule has 1 heterocycles. The number of para-hydroxylation sites is 2. The minimum Gasteiger partial charge on any atom is -0.355 e. The molecule has 150 valence electrons. The molecule has 3 aromatic rings. The van der Waals surface area contributed by atoms with E-state index >= 15 is 0 Å². The van der Waals surface area contributed by atoms with Crippen molar-refractivity contribution in [3.63, 3.8) is 0 Å². The second-order valence-corrected chi connectivity index (χ2v) is 6.05. The van der Waals surface area contributed by atoms with E-state index in [1.54, 1.807) is 0 Å². The predicted octanol–water partition coefficient (Wildman–Crippen LogP) is 2.41. The van der Waals surface area contributed by atoms with Crippen LogP contribution in [0.3, 0.4) is 0 Å². The number of hydrogen-bond acceptors (Lipinski definition) is 4. The van der Waals surface area contributed by atoms with Gasteiger partial charge in [-0.1, -0.05) is 18.2 Å². The SMILES string of the molecule is CNC(=O)c1cccc(NC(=O)Cn2c(=O)c(C(F)(F)F)nc3ccccc32)c1. The Kier molecular flexibility index (Phi) is 5.35. The van der Waals surface area contributed by atoms with Gasteiger partial charge in [-0.15, -0.1) is 0 Å². The zero-order chi connectivity index (χ0) is 21.2. The molecule has 0 aliphatic carbocycles. The fraction of sp³-hybridized carbons (Fsp3) is 0.158. The van der Waals surface area contributed by atoms with E-state index in [9.17, 15) is 27.6 Å². The smallest absolute Gasteiger partial charge is 0.355 e. The molecular weight excluding hydrogens is 389 g/mol. The molecule has 0 aliphatic heterocycles. The van der Waals surface area contributed by atoms with Gasteiger partial charge in [0.15, 0.2) is 0 Å². The van der Waals surface area contributed by atoms with Crippen LogP contribution in [0, 0.1) is 0 Å². The van der Waals surface area contributed by atoms with Crippen LogP contribution >= 0.6 is 0 Å². The van der Waals surface area contributed by atoms with Crippen molar-refractivity contribution in [1.82, 2.24) is 14.9 Å². The van der Waals surface area contributed by atoms with Crippen molar-refractivity contribution in [2.45, 2.75) is 12.7 Å². The van der Waals surface area contributed by atoms with E-state index in [-0.39, 0.29) is 28.2 Å². The first-order valence-electron chi connectivity index (χ1n) is 8.39. The Morgan fingerprint density at radius 1 is 1.10 bits per heavy atom. The highest BCUT2D eigenvalue weighted by Gasteiger charge is 2.37. The number of hydrogen-bond donors (Lipinski definition) is 2. The van der Waals surface area contributed by atoms with Crippen LogP contribution < -0.4 is 16.2 Å². The third-order valence-electron chi connectivity index (χ3n) is 4.06. The molecule has 2 amide bonds. The number of rotatable bonds is 4. The van der Waals surface area contributed by atoms with Crippen molar-refractivity contribution in [3.8, 4) is 0 Å². The first-order valence-corrected chi connectivity index (χ1v) is 8.39. The quantitative estimate of drug-likeness (QED) is 0.699. The van der Waals surface area contributed by atoms with Crippen LogP contribution in [0.5, 0.6) is 0 Å². The number of alkyl halides is 3. The van der Waals surface area contributed by atoms with E-state index in [0.29, 0.717) is 0 Å². The van der Waals surface area contributed by atoms with Gasteiger partial charge in [-0.05, 0) is 30.3 Å². The standard InChI is InChI=1S/C19H15F3N4O3/c1-23-17(28)11-5-4-6-12(9-11)24-15(27)10-26-14-8-3-2-7-13(14)25-16(18(26)29)19(20,21)22/h2-9H,10H2,1H3,(H,23,28)(H,24,27). The van der Waals surface area contributed by atoms with Gasteiger partial charge in [0, 0.05) is 18.3 Å². The van der Waals surface area contributed by atoms with E-state index in [1.807, 2.05) is 0 Å². The average Bonchev–Trinajstić information content (AvgIpc) is 2.68. The molecule has 0 unspecified atom stereocenters. The lowest BCUT2D eigenvalue weighted by atomic mass is 10.2. The second kappa shape index (κ2) is 7.74. The van der Waals surface area contributed by atoms with Crippen molar-refractivity contribution < 1.29 is 22.8 Å². The fourth-order valence-electron chi connectivity index (χ4n) is 2.76. The van der Waals surface area contributed by atoms with Gasteiger partial charge in [0.05, 0.1) is 11.0 Å². The van der Waals surface area contributed by atoms with E-state index in [0.717, 1.165) is 4.57 Å². The highest BCUT2D eigenvalue weighted by molar-refractivity contribution is 5.97. The normalized spacial score (nSPS) is 11.3. The van der Waals surface area contributed by atoms with Crippen LogP contribution in [0.15, 0.2) is 53.3 Å².